The maximum absolute atomic E-state index is 11.6. The first-order chi connectivity index (χ1) is 13.2. The predicted molar refractivity (Wildman–Crippen MR) is 107 cm³/mol. The number of methoxy groups -OCH3 is 1. The van der Waals surface area contributed by atoms with Crippen LogP contribution in [0, 0.1) is 0 Å². The molecule has 2 heterocycles. The Kier molecular flexibility index (Phi) is 5.30. The standard InChI is InChI=1S/C22H26N2O3/c1-26-20-12-3-2-7-16(20)8-5-13-24-14-6-9-17(15-24)18-10-4-11-19-21(18)27-22(25)23-19/h2-4,7,10-12,17H,5-6,8-9,13-15H2,1H3,(H,23,25). The number of rotatable bonds is 6. The van der Waals surface area contributed by atoms with Gasteiger partial charge in [0.15, 0.2) is 5.58 Å². The van der Waals surface area contributed by atoms with E-state index in [-0.39, 0.29) is 5.76 Å². The molecule has 1 unspecified atom stereocenters. The lowest BCUT2D eigenvalue weighted by molar-refractivity contribution is 0.206. The van der Waals surface area contributed by atoms with Crippen LogP contribution in [-0.2, 0) is 6.42 Å². The molecular formula is C22H26N2O3. The molecule has 5 heteroatoms. The summed E-state index contributed by atoms with van der Waals surface area (Å²) in [5.41, 5.74) is 3.95. The number of ether oxygens (including phenoxy) is 1. The molecule has 0 spiro atoms. The van der Waals surface area contributed by atoms with Gasteiger partial charge >= 0.3 is 5.76 Å². The first-order valence-electron chi connectivity index (χ1n) is 9.70. The largest absolute Gasteiger partial charge is 0.496 e. The highest BCUT2D eigenvalue weighted by molar-refractivity contribution is 5.76. The van der Waals surface area contributed by atoms with Crippen molar-refractivity contribution < 1.29 is 9.15 Å². The fourth-order valence-electron chi connectivity index (χ4n) is 4.23. The summed E-state index contributed by atoms with van der Waals surface area (Å²) in [6, 6.07) is 14.3. The Hall–Kier alpha value is -2.53. The van der Waals surface area contributed by atoms with Gasteiger partial charge in [0.05, 0.1) is 12.6 Å². The number of para-hydroxylation sites is 2. The highest BCUT2D eigenvalue weighted by Crippen LogP contribution is 2.31. The number of nitrogens with zero attached hydrogens (tertiary/aromatic N) is 1. The number of fused-ring (bicyclic) bond motifs is 1. The Bertz CT molecular complexity index is 959. The summed E-state index contributed by atoms with van der Waals surface area (Å²) < 4.78 is 10.9. The lowest BCUT2D eigenvalue weighted by atomic mass is 9.90. The fourth-order valence-corrected chi connectivity index (χ4v) is 4.23. The molecule has 0 aliphatic carbocycles. The molecule has 1 saturated heterocycles. The van der Waals surface area contributed by atoms with Crippen LogP contribution in [0.25, 0.3) is 11.1 Å². The van der Waals surface area contributed by atoms with Gasteiger partial charge in [-0.25, -0.2) is 4.79 Å². The second-order valence-electron chi connectivity index (χ2n) is 7.29. The Labute approximate surface area is 158 Å². The number of aromatic amines is 1. The number of hydrogen-bond acceptors (Lipinski definition) is 4. The van der Waals surface area contributed by atoms with Gasteiger partial charge < -0.3 is 14.1 Å². The molecule has 2 aromatic carbocycles. The van der Waals surface area contributed by atoms with Crippen LogP contribution in [-0.4, -0.2) is 36.6 Å². The Morgan fingerprint density at radius 2 is 2.11 bits per heavy atom. The summed E-state index contributed by atoms with van der Waals surface area (Å²) in [6.45, 7) is 3.22. The average Bonchev–Trinajstić information content (AvgIpc) is 3.09. The summed E-state index contributed by atoms with van der Waals surface area (Å²) >= 11 is 0. The number of H-pyrrole nitrogens is 1. The molecule has 1 aliphatic heterocycles. The molecule has 5 nitrogen and oxygen atoms in total. The van der Waals surface area contributed by atoms with E-state index in [0.29, 0.717) is 5.92 Å². The Morgan fingerprint density at radius 3 is 3.00 bits per heavy atom. The van der Waals surface area contributed by atoms with Gasteiger partial charge in [0.1, 0.15) is 5.75 Å². The number of likely N-dealkylation sites (tertiary alicyclic amines) is 1. The van der Waals surface area contributed by atoms with Crippen LogP contribution in [0.3, 0.4) is 0 Å². The molecule has 0 amide bonds. The molecule has 1 fully saturated rings. The molecule has 0 radical (unpaired) electrons. The summed E-state index contributed by atoms with van der Waals surface area (Å²) in [7, 11) is 1.73. The van der Waals surface area contributed by atoms with Crippen molar-refractivity contribution in [3.63, 3.8) is 0 Å². The van der Waals surface area contributed by atoms with Crippen molar-refractivity contribution in [1.29, 1.82) is 0 Å². The number of hydrogen-bond donors (Lipinski definition) is 1. The maximum atomic E-state index is 11.6. The summed E-state index contributed by atoms with van der Waals surface area (Å²) in [4.78, 5) is 16.9. The summed E-state index contributed by atoms with van der Waals surface area (Å²) in [5, 5.41) is 0. The predicted octanol–water partition coefficient (Wildman–Crippen LogP) is 3.94. The van der Waals surface area contributed by atoms with Gasteiger partial charge in [-0.1, -0.05) is 30.3 Å². The van der Waals surface area contributed by atoms with Gasteiger partial charge in [-0.3, -0.25) is 4.98 Å². The quantitative estimate of drug-likeness (QED) is 0.718. The topological polar surface area (TPSA) is 58.5 Å². The van der Waals surface area contributed by atoms with Crippen LogP contribution in [0.15, 0.2) is 51.7 Å². The summed E-state index contributed by atoms with van der Waals surface area (Å²) in [6.07, 6.45) is 4.44. The average molecular weight is 366 g/mol. The Morgan fingerprint density at radius 1 is 1.22 bits per heavy atom. The lowest BCUT2D eigenvalue weighted by Gasteiger charge is -2.33. The van der Waals surface area contributed by atoms with Crippen LogP contribution in [0.1, 0.15) is 36.3 Å². The zero-order chi connectivity index (χ0) is 18.6. The molecule has 1 atom stereocenters. The second kappa shape index (κ2) is 8.01. The normalized spacial score (nSPS) is 18.0. The van der Waals surface area contributed by atoms with Gasteiger partial charge in [-0.2, -0.15) is 0 Å². The van der Waals surface area contributed by atoms with E-state index in [0.717, 1.165) is 61.3 Å². The molecule has 27 heavy (non-hydrogen) atoms. The van der Waals surface area contributed by atoms with E-state index in [1.165, 1.54) is 12.0 Å². The first-order valence-corrected chi connectivity index (χ1v) is 9.70. The number of aromatic nitrogens is 1. The van der Waals surface area contributed by atoms with E-state index in [2.05, 4.69) is 28.1 Å². The van der Waals surface area contributed by atoms with Gasteiger partial charge in [0, 0.05) is 18.0 Å². The monoisotopic (exact) mass is 366 g/mol. The maximum Gasteiger partial charge on any atom is 0.417 e. The Balaban J connectivity index is 1.40. The molecular weight excluding hydrogens is 340 g/mol. The fraction of sp³-hybridized carbons (Fsp3) is 0.409. The van der Waals surface area contributed by atoms with E-state index in [1.807, 2.05) is 24.3 Å². The van der Waals surface area contributed by atoms with Crippen molar-refractivity contribution >= 4 is 11.1 Å². The third-order valence-electron chi connectivity index (χ3n) is 5.54. The number of benzene rings is 2. The third kappa shape index (κ3) is 3.93. The molecule has 1 N–H and O–H groups in total. The minimum absolute atomic E-state index is 0.373. The van der Waals surface area contributed by atoms with E-state index < -0.39 is 0 Å². The highest BCUT2D eigenvalue weighted by Gasteiger charge is 2.24. The minimum atomic E-state index is -0.373. The molecule has 0 bridgehead atoms. The zero-order valence-corrected chi connectivity index (χ0v) is 15.7. The van der Waals surface area contributed by atoms with Gasteiger partial charge in [-0.05, 0) is 56.5 Å². The minimum Gasteiger partial charge on any atom is -0.496 e. The molecule has 0 saturated carbocycles. The molecule has 1 aromatic heterocycles. The van der Waals surface area contributed by atoms with Crippen molar-refractivity contribution in [2.45, 2.75) is 31.6 Å². The van der Waals surface area contributed by atoms with Crippen molar-refractivity contribution in [3.8, 4) is 5.75 Å². The SMILES string of the molecule is COc1ccccc1CCCN1CCCC(c2cccc3[nH]c(=O)oc23)C1. The number of nitrogens with one attached hydrogen (secondary N) is 1. The van der Waals surface area contributed by atoms with Crippen LogP contribution in [0.2, 0.25) is 0 Å². The van der Waals surface area contributed by atoms with E-state index >= 15 is 0 Å². The smallest absolute Gasteiger partial charge is 0.417 e. The van der Waals surface area contributed by atoms with Gasteiger partial charge in [-0.15, -0.1) is 0 Å². The van der Waals surface area contributed by atoms with Crippen LogP contribution in [0.5, 0.6) is 5.75 Å². The van der Waals surface area contributed by atoms with Gasteiger partial charge in [0.2, 0.25) is 0 Å². The van der Waals surface area contributed by atoms with Crippen molar-refractivity contribution in [2.24, 2.45) is 0 Å². The second-order valence-corrected chi connectivity index (χ2v) is 7.29. The van der Waals surface area contributed by atoms with E-state index in [9.17, 15) is 4.79 Å². The van der Waals surface area contributed by atoms with E-state index in [1.54, 1.807) is 7.11 Å². The number of piperidine rings is 1. The van der Waals surface area contributed by atoms with Crippen molar-refractivity contribution in [3.05, 3.63) is 64.1 Å². The molecule has 3 aromatic rings. The molecule has 142 valence electrons. The van der Waals surface area contributed by atoms with Crippen LogP contribution < -0.4 is 10.5 Å². The van der Waals surface area contributed by atoms with Crippen molar-refractivity contribution in [1.82, 2.24) is 9.88 Å². The number of aryl methyl sites for hydroxylation is 1. The molecule has 4 rings (SSSR count). The van der Waals surface area contributed by atoms with Gasteiger partial charge in [0.25, 0.3) is 0 Å². The highest BCUT2D eigenvalue weighted by atomic mass is 16.5. The first kappa shape index (κ1) is 17.9. The van der Waals surface area contributed by atoms with Crippen molar-refractivity contribution in [2.75, 3.05) is 26.7 Å². The zero-order valence-electron chi connectivity index (χ0n) is 15.7. The molecule has 1 aliphatic rings. The van der Waals surface area contributed by atoms with Crippen LogP contribution in [0.4, 0.5) is 0 Å². The van der Waals surface area contributed by atoms with E-state index in [4.69, 9.17) is 9.15 Å². The third-order valence-corrected chi connectivity index (χ3v) is 5.54. The number of oxazole rings is 1. The lowest BCUT2D eigenvalue weighted by Crippen LogP contribution is -2.35. The summed E-state index contributed by atoms with van der Waals surface area (Å²) in [5.74, 6) is 1.01. The van der Waals surface area contributed by atoms with Crippen LogP contribution >= 0.6 is 0 Å².